The first-order valence-electron chi connectivity index (χ1n) is 10.8. The van der Waals surface area contributed by atoms with Crippen LogP contribution in [0.5, 0.6) is 11.5 Å². The third-order valence-corrected chi connectivity index (χ3v) is 5.97. The number of H-pyrrole nitrogens is 1. The molecule has 1 saturated heterocycles. The SMILES string of the molecule is c1ccc(C(CNCc2cn[nH]c2-c2ccc3c(c2)OCCO3)N2CCCC2)cc1. The molecule has 0 radical (unpaired) electrons. The maximum Gasteiger partial charge on any atom is 0.162 e. The fourth-order valence-corrected chi connectivity index (χ4v) is 4.42. The molecule has 5 rings (SSSR count). The molecule has 0 amide bonds. The zero-order chi connectivity index (χ0) is 20.2. The molecule has 6 nitrogen and oxygen atoms in total. The monoisotopic (exact) mass is 404 g/mol. The maximum atomic E-state index is 5.74. The average Bonchev–Trinajstić information content (AvgIpc) is 3.49. The van der Waals surface area contributed by atoms with Crippen molar-refractivity contribution in [2.75, 3.05) is 32.8 Å². The van der Waals surface area contributed by atoms with Crippen LogP contribution in [0.3, 0.4) is 0 Å². The van der Waals surface area contributed by atoms with E-state index in [-0.39, 0.29) is 0 Å². The number of rotatable bonds is 7. The lowest BCUT2D eigenvalue weighted by Gasteiger charge is -2.28. The van der Waals surface area contributed by atoms with E-state index in [9.17, 15) is 0 Å². The molecule has 3 heterocycles. The van der Waals surface area contributed by atoms with Gasteiger partial charge in [0.2, 0.25) is 0 Å². The molecule has 2 aliphatic rings. The van der Waals surface area contributed by atoms with Crippen molar-refractivity contribution in [1.29, 1.82) is 0 Å². The number of nitrogens with zero attached hydrogens (tertiary/aromatic N) is 2. The van der Waals surface area contributed by atoms with E-state index in [0.717, 1.165) is 41.4 Å². The fraction of sp³-hybridized carbons (Fsp3) is 0.375. The molecule has 3 aromatic rings. The zero-order valence-corrected chi connectivity index (χ0v) is 17.1. The standard InChI is InChI=1S/C24H28N4O2/c1-2-6-18(7-3-1)21(28-10-4-5-11-28)17-25-15-20-16-26-27-24(20)19-8-9-22-23(14-19)30-13-12-29-22/h1-3,6-9,14,16,21,25H,4-5,10-13,15,17H2,(H,26,27). The number of hydrogen-bond acceptors (Lipinski definition) is 5. The van der Waals surface area contributed by atoms with Gasteiger partial charge in [0, 0.05) is 30.3 Å². The van der Waals surface area contributed by atoms with E-state index in [4.69, 9.17) is 9.47 Å². The van der Waals surface area contributed by atoms with Crippen LogP contribution in [0.2, 0.25) is 0 Å². The minimum absolute atomic E-state index is 0.401. The maximum absolute atomic E-state index is 5.74. The Hall–Kier alpha value is -2.83. The number of aromatic nitrogens is 2. The molecule has 156 valence electrons. The molecule has 2 aliphatic heterocycles. The Morgan fingerprint density at radius 3 is 2.63 bits per heavy atom. The molecule has 0 saturated carbocycles. The van der Waals surface area contributed by atoms with E-state index < -0.39 is 0 Å². The van der Waals surface area contributed by atoms with Gasteiger partial charge < -0.3 is 14.8 Å². The van der Waals surface area contributed by atoms with Crippen LogP contribution in [0.15, 0.2) is 54.7 Å². The number of ether oxygens (including phenoxy) is 2. The number of likely N-dealkylation sites (tertiary alicyclic amines) is 1. The zero-order valence-electron chi connectivity index (χ0n) is 17.1. The van der Waals surface area contributed by atoms with Gasteiger partial charge in [-0.05, 0) is 49.7 Å². The lowest BCUT2D eigenvalue weighted by Crippen LogP contribution is -2.34. The van der Waals surface area contributed by atoms with Crippen molar-refractivity contribution in [2.45, 2.75) is 25.4 Å². The van der Waals surface area contributed by atoms with E-state index >= 15 is 0 Å². The first kappa shape index (κ1) is 19.2. The summed E-state index contributed by atoms with van der Waals surface area (Å²) in [6.07, 6.45) is 4.49. The van der Waals surface area contributed by atoms with Crippen LogP contribution in [-0.4, -0.2) is 47.9 Å². The van der Waals surface area contributed by atoms with Crippen LogP contribution in [0, 0.1) is 0 Å². The molecule has 1 aromatic heterocycles. The van der Waals surface area contributed by atoms with Crippen LogP contribution in [0.1, 0.15) is 30.0 Å². The predicted octanol–water partition coefficient (Wildman–Crippen LogP) is 3.77. The fourth-order valence-electron chi connectivity index (χ4n) is 4.42. The Morgan fingerprint density at radius 2 is 1.80 bits per heavy atom. The number of fused-ring (bicyclic) bond motifs is 1. The van der Waals surface area contributed by atoms with Crippen LogP contribution in [0.25, 0.3) is 11.3 Å². The lowest BCUT2D eigenvalue weighted by molar-refractivity contribution is 0.171. The van der Waals surface area contributed by atoms with E-state index in [1.165, 1.54) is 31.5 Å². The molecular weight excluding hydrogens is 376 g/mol. The van der Waals surface area contributed by atoms with Crippen molar-refractivity contribution in [1.82, 2.24) is 20.4 Å². The van der Waals surface area contributed by atoms with Gasteiger partial charge in [0.1, 0.15) is 13.2 Å². The highest BCUT2D eigenvalue weighted by atomic mass is 16.6. The van der Waals surface area contributed by atoms with Gasteiger partial charge in [0.05, 0.1) is 11.9 Å². The molecule has 30 heavy (non-hydrogen) atoms. The largest absolute Gasteiger partial charge is 0.486 e. The first-order chi connectivity index (χ1) is 14.9. The summed E-state index contributed by atoms with van der Waals surface area (Å²) in [6.45, 7) is 5.22. The highest BCUT2D eigenvalue weighted by Crippen LogP contribution is 2.35. The quantitative estimate of drug-likeness (QED) is 0.628. The smallest absolute Gasteiger partial charge is 0.162 e. The molecule has 0 bridgehead atoms. The molecule has 1 atom stereocenters. The summed E-state index contributed by atoms with van der Waals surface area (Å²) in [5.74, 6) is 1.60. The van der Waals surface area contributed by atoms with E-state index in [0.29, 0.717) is 19.3 Å². The highest BCUT2D eigenvalue weighted by molar-refractivity contribution is 5.66. The summed E-state index contributed by atoms with van der Waals surface area (Å²) < 4.78 is 11.4. The van der Waals surface area contributed by atoms with Crippen molar-refractivity contribution < 1.29 is 9.47 Å². The number of benzene rings is 2. The Labute approximate surface area is 177 Å². The first-order valence-corrected chi connectivity index (χ1v) is 10.8. The molecule has 2 N–H and O–H groups in total. The minimum atomic E-state index is 0.401. The summed E-state index contributed by atoms with van der Waals surface area (Å²) >= 11 is 0. The Bertz CT molecular complexity index is 966. The highest BCUT2D eigenvalue weighted by Gasteiger charge is 2.23. The van der Waals surface area contributed by atoms with Crippen LogP contribution < -0.4 is 14.8 Å². The van der Waals surface area contributed by atoms with Crippen LogP contribution in [-0.2, 0) is 6.54 Å². The number of nitrogens with one attached hydrogen (secondary N) is 2. The van der Waals surface area contributed by atoms with Gasteiger partial charge in [0.25, 0.3) is 0 Å². The van der Waals surface area contributed by atoms with Gasteiger partial charge in [-0.15, -0.1) is 0 Å². The van der Waals surface area contributed by atoms with E-state index in [1.54, 1.807) is 0 Å². The summed E-state index contributed by atoms with van der Waals surface area (Å²) in [5.41, 5.74) is 4.62. The second kappa shape index (κ2) is 8.90. The molecule has 1 fully saturated rings. The van der Waals surface area contributed by atoms with Crippen molar-refractivity contribution in [3.8, 4) is 22.8 Å². The van der Waals surface area contributed by atoms with Gasteiger partial charge >= 0.3 is 0 Å². The van der Waals surface area contributed by atoms with Gasteiger partial charge in [-0.25, -0.2) is 0 Å². The molecule has 1 unspecified atom stereocenters. The number of hydrogen-bond donors (Lipinski definition) is 2. The summed E-state index contributed by atoms with van der Waals surface area (Å²) in [6, 6.07) is 17.3. The molecule has 0 aliphatic carbocycles. The minimum Gasteiger partial charge on any atom is -0.486 e. The Morgan fingerprint density at radius 1 is 1.00 bits per heavy atom. The topological polar surface area (TPSA) is 62.4 Å². The molecule has 0 spiro atoms. The van der Waals surface area contributed by atoms with Crippen molar-refractivity contribution in [2.24, 2.45) is 0 Å². The lowest BCUT2D eigenvalue weighted by atomic mass is 10.0. The third kappa shape index (κ3) is 4.06. The van der Waals surface area contributed by atoms with Gasteiger partial charge in [-0.1, -0.05) is 30.3 Å². The van der Waals surface area contributed by atoms with Crippen molar-refractivity contribution in [3.05, 3.63) is 65.9 Å². The summed E-state index contributed by atoms with van der Waals surface area (Å²) in [5, 5.41) is 11.1. The van der Waals surface area contributed by atoms with E-state index in [1.807, 2.05) is 18.3 Å². The predicted molar refractivity (Wildman–Crippen MR) is 117 cm³/mol. The van der Waals surface area contributed by atoms with Crippen molar-refractivity contribution >= 4 is 0 Å². The van der Waals surface area contributed by atoms with Gasteiger partial charge in [0.15, 0.2) is 11.5 Å². The third-order valence-electron chi connectivity index (χ3n) is 5.97. The molecule has 2 aromatic carbocycles. The molecular formula is C24H28N4O2. The van der Waals surface area contributed by atoms with Gasteiger partial charge in [-0.2, -0.15) is 5.10 Å². The van der Waals surface area contributed by atoms with Crippen LogP contribution >= 0.6 is 0 Å². The number of aromatic amines is 1. The Kier molecular flexibility index (Phi) is 5.68. The van der Waals surface area contributed by atoms with E-state index in [2.05, 4.69) is 56.8 Å². The van der Waals surface area contributed by atoms with Gasteiger partial charge in [-0.3, -0.25) is 10.00 Å². The summed E-state index contributed by atoms with van der Waals surface area (Å²) in [7, 11) is 0. The van der Waals surface area contributed by atoms with Crippen LogP contribution in [0.4, 0.5) is 0 Å². The summed E-state index contributed by atoms with van der Waals surface area (Å²) in [4.78, 5) is 2.60. The Balaban J connectivity index is 1.28. The second-order valence-electron chi connectivity index (χ2n) is 7.93. The van der Waals surface area contributed by atoms with Crippen molar-refractivity contribution in [3.63, 3.8) is 0 Å². The average molecular weight is 405 g/mol. The normalized spacial score (nSPS) is 17.2. The molecule has 6 heteroatoms. The second-order valence-corrected chi connectivity index (χ2v) is 7.93.